The maximum atomic E-state index is 12.2. The lowest BCUT2D eigenvalue weighted by Crippen LogP contribution is -2.34. The predicted molar refractivity (Wildman–Crippen MR) is 69.6 cm³/mol. The van der Waals surface area contributed by atoms with Gasteiger partial charge in [-0.2, -0.15) is 5.10 Å². The molecule has 19 heavy (non-hydrogen) atoms. The molecule has 5 heteroatoms. The number of aryl methyl sites for hydroxylation is 1. The molecule has 0 saturated heterocycles. The van der Waals surface area contributed by atoms with Crippen molar-refractivity contribution in [2.24, 2.45) is 7.05 Å². The Kier molecular flexibility index (Phi) is 2.83. The molecule has 2 atom stereocenters. The number of benzene rings is 1. The summed E-state index contributed by atoms with van der Waals surface area (Å²) in [4.78, 5) is 12.2. The lowest BCUT2D eigenvalue weighted by molar-refractivity contribution is 0.0849. The third-order valence-corrected chi connectivity index (χ3v) is 3.54. The van der Waals surface area contributed by atoms with Crippen LogP contribution in [0.3, 0.4) is 0 Å². The van der Waals surface area contributed by atoms with Gasteiger partial charge in [-0.15, -0.1) is 0 Å². The Hall–Kier alpha value is -2.14. The van der Waals surface area contributed by atoms with E-state index in [-0.39, 0.29) is 11.9 Å². The summed E-state index contributed by atoms with van der Waals surface area (Å²) in [6.45, 7) is 0. The van der Waals surface area contributed by atoms with Crippen molar-refractivity contribution < 1.29 is 9.90 Å². The van der Waals surface area contributed by atoms with Crippen LogP contribution in [0.15, 0.2) is 36.5 Å². The van der Waals surface area contributed by atoms with Gasteiger partial charge < -0.3 is 10.4 Å². The standard InChI is InChI=1S/C14H15N3O2/c1-17-11(6-7-15-17)14(19)16-13-10-5-3-2-4-9(10)8-12(13)18/h2-7,12-13,18H,8H2,1H3,(H,16,19). The summed E-state index contributed by atoms with van der Waals surface area (Å²) < 4.78 is 1.52. The summed E-state index contributed by atoms with van der Waals surface area (Å²) in [5.41, 5.74) is 2.56. The molecule has 1 aromatic heterocycles. The number of fused-ring (bicyclic) bond motifs is 1. The zero-order chi connectivity index (χ0) is 13.4. The second-order valence-electron chi connectivity index (χ2n) is 4.76. The Morgan fingerprint density at radius 2 is 2.21 bits per heavy atom. The van der Waals surface area contributed by atoms with Crippen LogP contribution in [0.1, 0.15) is 27.7 Å². The van der Waals surface area contributed by atoms with E-state index in [4.69, 9.17) is 0 Å². The van der Waals surface area contributed by atoms with Crippen LogP contribution in [0.4, 0.5) is 0 Å². The van der Waals surface area contributed by atoms with Gasteiger partial charge >= 0.3 is 0 Å². The summed E-state index contributed by atoms with van der Waals surface area (Å²) in [6, 6.07) is 9.09. The summed E-state index contributed by atoms with van der Waals surface area (Å²) in [6.07, 6.45) is 1.58. The van der Waals surface area contributed by atoms with Crippen LogP contribution < -0.4 is 5.32 Å². The summed E-state index contributed by atoms with van der Waals surface area (Å²) in [7, 11) is 1.72. The van der Waals surface area contributed by atoms with E-state index < -0.39 is 6.10 Å². The number of hydrogen-bond acceptors (Lipinski definition) is 3. The first kappa shape index (κ1) is 11.9. The molecule has 0 radical (unpaired) electrons. The van der Waals surface area contributed by atoms with Crippen LogP contribution in [0.2, 0.25) is 0 Å². The van der Waals surface area contributed by atoms with Gasteiger partial charge in [0.15, 0.2) is 0 Å². The lowest BCUT2D eigenvalue weighted by atomic mass is 10.1. The lowest BCUT2D eigenvalue weighted by Gasteiger charge is -2.17. The molecule has 0 spiro atoms. The second kappa shape index (κ2) is 4.51. The molecule has 1 aliphatic carbocycles. The van der Waals surface area contributed by atoms with Crippen molar-refractivity contribution in [2.75, 3.05) is 0 Å². The van der Waals surface area contributed by atoms with Gasteiger partial charge in [-0.05, 0) is 17.2 Å². The van der Waals surface area contributed by atoms with E-state index in [1.807, 2.05) is 24.3 Å². The molecule has 1 aliphatic rings. The second-order valence-corrected chi connectivity index (χ2v) is 4.76. The number of carbonyl (C=O) groups excluding carboxylic acids is 1. The van der Waals surface area contributed by atoms with Gasteiger partial charge in [0.25, 0.3) is 5.91 Å². The van der Waals surface area contributed by atoms with E-state index in [1.165, 1.54) is 4.68 Å². The minimum atomic E-state index is -0.574. The summed E-state index contributed by atoms with van der Waals surface area (Å²) in [5, 5.41) is 16.9. The van der Waals surface area contributed by atoms with Crippen LogP contribution in [-0.4, -0.2) is 26.9 Å². The Labute approximate surface area is 110 Å². The highest BCUT2D eigenvalue weighted by atomic mass is 16.3. The fourth-order valence-electron chi connectivity index (χ4n) is 2.56. The van der Waals surface area contributed by atoms with E-state index in [2.05, 4.69) is 10.4 Å². The van der Waals surface area contributed by atoms with Gasteiger partial charge in [-0.1, -0.05) is 24.3 Å². The Balaban J connectivity index is 1.84. The SMILES string of the molecule is Cn1nccc1C(=O)NC1c2ccccc2CC1O. The molecular weight excluding hydrogens is 242 g/mol. The fraction of sp³-hybridized carbons (Fsp3) is 0.286. The normalized spacial score (nSPS) is 21.2. The third kappa shape index (κ3) is 2.02. The molecule has 0 saturated carbocycles. The minimum absolute atomic E-state index is 0.222. The van der Waals surface area contributed by atoms with E-state index in [9.17, 15) is 9.90 Å². The molecule has 2 unspecified atom stereocenters. The molecule has 2 aromatic rings. The van der Waals surface area contributed by atoms with Gasteiger partial charge in [0.05, 0.1) is 12.1 Å². The first-order valence-electron chi connectivity index (χ1n) is 6.21. The number of rotatable bonds is 2. The molecule has 0 fully saturated rings. The fourth-order valence-corrected chi connectivity index (χ4v) is 2.56. The molecular formula is C14H15N3O2. The number of carbonyl (C=O) groups is 1. The average Bonchev–Trinajstić information content (AvgIpc) is 2.94. The van der Waals surface area contributed by atoms with Crippen LogP contribution in [-0.2, 0) is 13.5 Å². The smallest absolute Gasteiger partial charge is 0.270 e. The molecule has 1 aromatic carbocycles. The van der Waals surface area contributed by atoms with Crippen molar-refractivity contribution in [3.63, 3.8) is 0 Å². The van der Waals surface area contributed by atoms with Crippen LogP contribution >= 0.6 is 0 Å². The number of amides is 1. The van der Waals surface area contributed by atoms with Crippen molar-refractivity contribution >= 4 is 5.91 Å². The van der Waals surface area contributed by atoms with E-state index >= 15 is 0 Å². The van der Waals surface area contributed by atoms with Gasteiger partial charge in [-0.25, -0.2) is 0 Å². The van der Waals surface area contributed by atoms with E-state index in [0.29, 0.717) is 12.1 Å². The van der Waals surface area contributed by atoms with Crippen LogP contribution in [0.5, 0.6) is 0 Å². The van der Waals surface area contributed by atoms with Gasteiger partial charge in [0.2, 0.25) is 0 Å². The summed E-state index contributed by atoms with van der Waals surface area (Å²) in [5.74, 6) is -0.222. The van der Waals surface area contributed by atoms with Gasteiger partial charge in [0.1, 0.15) is 5.69 Å². The highest BCUT2D eigenvalue weighted by Gasteiger charge is 2.32. The third-order valence-electron chi connectivity index (χ3n) is 3.54. The van der Waals surface area contributed by atoms with E-state index in [0.717, 1.165) is 11.1 Å². The van der Waals surface area contributed by atoms with Crippen molar-refractivity contribution in [1.82, 2.24) is 15.1 Å². The molecule has 0 bridgehead atoms. The molecule has 1 amide bonds. The topological polar surface area (TPSA) is 67.2 Å². The zero-order valence-corrected chi connectivity index (χ0v) is 10.6. The molecule has 3 rings (SSSR count). The number of nitrogens with one attached hydrogen (secondary N) is 1. The van der Waals surface area contributed by atoms with Gasteiger partial charge in [0, 0.05) is 19.7 Å². The Bertz CT molecular complexity index is 621. The highest BCUT2D eigenvalue weighted by Crippen LogP contribution is 2.31. The predicted octanol–water partition coefficient (Wildman–Crippen LogP) is 0.808. The summed E-state index contributed by atoms with van der Waals surface area (Å²) >= 11 is 0. The number of aromatic nitrogens is 2. The molecule has 0 aliphatic heterocycles. The maximum absolute atomic E-state index is 12.2. The van der Waals surface area contributed by atoms with Crippen molar-refractivity contribution in [3.05, 3.63) is 53.3 Å². The van der Waals surface area contributed by atoms with Gasteiger partial charge in [-0.3, -0.25) is 9.48 Å². The number of aliphatic hydroxyl groups is 1. The highest BCUT2D eigenvalue weighted by molar-refractivity contribution is 5.92. The molecule has 5 nitrogen and oxygen atoms in total. The van der Waals surface area contributed by atoms with Crippen LogP contribution in [0.25, 0.3) is 0 Å². The monoisotopic (exact) mass is 257 g/mol. The first-order chi connectivity index (χ1) is 9.16. The zero-order valence-electron chi connectivity index (χ0n) is 10.6. The minimum Gasteiger partial charge on any atom is -0.390 e. The van der Waals surface area contributed by atoms with Crippen molar-refractivity contribution in [2.45, 2.75) is 18.6 Å². The number of nitrogens with zero attached hydrogens (tertiary/aromatic N) is 2. The Morgan fingerprint density at radius 3 is 2.95 bits per heavy atom. The first-order valence-corrected chi connectivity index (χ1v) is 6.21. The molecule has 2 N–H and O–H groups in total. The maximum Gasteiger partial charge on any atom is 0.270 e. The van der Waals surface area contributed by atoms with Crippen molar-refractivity contribution in [1.29, 1.82) is 0 Å². The quantitative estimate of drug-likeness (QED) is 0.836. The Morgan fingerprint density at radius 1 is 1.42 bits per heavy atom. The van der Waals surface area contributed by atoms with E-state index in [1.54, 1.807) is 19.3 Å². The number of aliphatic hydroxyl groups excluding tert-OH is 1. The largest absolute Gasteiger partial charge is 0.390 e. The molecule has 1 heterocycles. The van der Waals surface area contributed by atoms with Crippen LogP contribution in [0, 0.1) is 0 Å². The average molecular weight is 257 g/mol. The number of hydrogen-bond donors (Lipinski definition) is 2. The van der Waals surface area contributed by atoms with Crippen molar-refractivity contribution in [3.8, 4) is 0 Å². The molecule has 98 valence electrons.